The fourth-order valence-corrected chi connectivity index (χ4v) is 5.33. The number of nitrogen functional groups attached to an aromatic ring is 1. The van der Waals surface area contributed by atoms with E-state index in [4.69, 9.17) is 5.73 Å². The third-order valence-electron chi connectivity index (χ3n) is 4.35. The summed E-state index contributed by atoms with van der Waals surface area (Å²) in [5.74, 6) is -0.272. The van der Waals surface area contributed by atoms with Crippen LogP contribution in [0.15, 0.2) is 23.1 Å². The first-order valence-electron chi connectivity index (χ1n) is 6.87. The Morgan fingerprint density at radius 1 is 1.15 bits per heavy atom. The minimum atomic E-state index is -3.51. The van der Waals surface area contributed by atoms with Crippen molar-refractivity contribution in [2.24, 2.45) is 5.41 Å². The lowest BCUT2D eigenvalue weighted by atomic mass is 9.75. The summed E-state index contributed by atoms with van der Waals surface area (Å²) >= 11 is 0. The number of carbonyl (C=O) groups is 1. The minimum absolute atomic E-state index is 0.109. The van der Waals surface area contributed by atoms with Gasteiger partial charge in [0.05, 0.1) is 21.8 Å². The predicted molar refractivity (Wildman–Crippen MR) is 77.1 cm³/mol. The van der Waals surface area contributed by atoms with E-state index in [1.54, 1.807) is 12.1 Å². The highest BCUT2D eigenvalue weighted by Crippen LogP contribution is 2.43. The SMILES string of the molecule is Nc1ccc2c(c1)S(=O)(=O)CC1(CCCCC1)C(=O)N2. The van der Waals surface area contributed by atoms with E-state index in [9.17, 15) is 13.2 Å². The fraction of sp³-hybridized carbons (Fsp3) is 0.500. The molecule has 0 radical (unpaired) electrons. The average Bonchev–Trinajstić information content (AvgIpc) is 2.47. The molecule has 1 aliphatic heterocycles. The maximum Gasteiger partial charge on any atom is 0.231 e. The zero-order chi connectivity index (χ0) is 14.4. The average molecular weight is 294 g/mol. The molecule has 3 N–H and O–H groups in total. The van der Waals surface area contributed by atoms with Crippen LogP contribution in [0.4, 0.5) is 11.4 Å². The Bertz CT molecular complexity index is 661. The van der Waals surface area contributed by atoms with E-state index in [0.717, 1.165) is 19.3 Å². The Balaban J connectivity index is 2.12. The molecule has 20 heavy (non-hydrogen) atoms. The molecule has 0 atom stereocenters. The normalized spacial score (nSPS) is 23.7. The third-order valence-corrected chi connectivity index (χ3v) is 6.29. The lowest BCUT2D eigenvalue weighted by Gasteiger charge is -2.33. The molecule has 1 aromatic carbocycles. The fourth-order valence-electron chi connectivity index (χ4n) is 3.26. The van der Waals surface area contributed by atoms with Crippen molar-refractivity contribution in [2.45, 2.75) is 37.0 Å². The van der Waals surface area contributed by atoms with Crippen molar-refractivity contribution in [2.75, 3.05) is 16.8 Å². The Labute approximate surface area is 118 Å². The number of hydrogen-bond donors (Lipinski definition) is 2. The zero-order valence-corrected chi connectivity index (χ0v) is 12.0. The molecule has 1 fully saturated rings. The van der Waals surface area contributed by atoms with Gasteiger partial charge in [0.2, 0.25) is 5.91 Å². The zero-order valence-electron chi connectivity index (χ0n) is 11.2. The van der Waals surface area contributed by atoms with Crippen LogP contribution in [0.25, 0.3) is 0 Å². The molecule has 3 rings (SSSR count). The molecular weight excluding hydrogens is 276 g/mol. The van der Waals surface area contributed by atoms with E-state index in [-0.39, 0.29) is 16.6 Å². The molecule has 1 heterocycles. The van der Waals surface area contributed by atoms with Crippen molar-refractivity contribution in [3.8, 4) is 0 Å². The topological polar surface area (TPSA) is 89.3 Å². The van der Waals surface area contributed by atoms with Gasteiger partial charge in [-0.05, 0) is 31.0 Å². The second kappa shape index (κ2) is 4.48. The molecule has 5 nitrogen and oxygen atoms in total. The highest BCUT2D eigenvalue weighted by molar-refractivity contribution is 7.91. The molecule has 0 unspecified atom stereocenters. The summed E-state index contributed by atoms with van der Waals surface area (Å²) in [6, 6.07) is 4.61. The van der Waals surface area contributed by atoms with Gasteiger partial charge in [-0.2, -0.15) is 0 Å². The van der Waals surface area contributed by atoms with Crippen LogP contribution in [0.1, 0.15) is 32.1 Å². The number of carbonyl (C=O) groups excluding carboxylic acids is 1. The van der Waals surface area contributed by atoms with Gasteiger partial charge in [-0.3, -0.25) is 4.79 Å². The van der Waals surface area contributed by atoms with Crippen LogP contribution in [0.5, 0.6) is 0 Å². The van der Waals surface area contributed by atoms with E-state index in [1.807, 2.05) is 0 Å². The number of anilines is 2. The number of amides is 1. The van der Waals surface area contributed by atoms with Gasteiger partial charge in [0.25, 0.3) is 0 Å². The summed E-state index contributed by atoms with van der Waals surface area (Å²) in [5.41, 5.74) is 5.65. The van der Waals surface area contributed by atoms with E-state index >= 15 is 0 Å². The van der Waals surface area contributed by atoms with Gasteiger partial charge < -0.3 is 11.1 Å². The van der Waals surface area contributed by atoms with Gasteiger partial charge in [0.15, 0.2) is 9.84 Å². The molecule has 0 aromatic heterocycles. The van der Waals surface area contributed by atoms with Crippen LogP contribution < -0.4 is 11.1 Å². The monoisotopic (exact) mass is 294 g/mol. The van der Waals surface area contributed by atoms with Crippen LogP contribution in [-0.2, 0) is 14.6 Å². The number of rotatable bonds is 0. The van der Waals surface area contributed by atoms with E-state index in [1.165, 1.54) is 6.07 Å². The third kappa shape index (κ3) is 2.08. The largest absolute Gasteiger partial charge is 0.399 e. The highest BCUT2D eigenvalue weighted by Gasteiger charge is 2.46. The molecule has 1 aromatic rings. The Kier molecular flexibility index (Phi) is 3.01. The maximum atomic E-state index is 12.6. The summed E-state index contributed by atoms with van der Waals surface area (Å²) in [4.78, 5) is 12.7. The van der Waals surface area contributed by atoms with Crippen molar-refractivity contribution >= 4 is 27.1 Å². The second-order valence-electron chi connectivity index (χ2n) is 5.81. The highest BCUT2D eigenvalue weighted by atomic mass is 32.2. The number of sulfone groups is 1. The Hall–Kier alpha value is -1.56. The quantitative estimate of drug-likeness (QED) is 0.716. The maximum absolute atomic E-state index is 12.6. The summed E-state index contributed by atoms with van der Waals surface area (Å²) < 4.78 is 25.2. The van der Waals surface area contributed by atoms with E-state index < -0.39 is 15.3 Å². The second-order valence-corrected chi connectivity index (χ2v) is 7.77. The van der Waals surface area contributed by atoms with Crippen molar-refractivity contribution in [1.29, 1.82) is 0 Å². The molecule has 1 spiro atoms. The smallest absolute Gasteiger partial charge is 0.231 e. The first-order valence-corrected chi connectivity index (χ1v) is 8.52. The van der Waals surface area contributed by atoms with Gasteiger partial charge in [0.1, 0.15) is 0 Å². The molecule has 108 valence electrons. The molecule has 1 saturated carbocycles. The summed E-state index contributed by atoms with van der Waals surface area (Å²) in [7, 11) is -3.51. The molecule has 1 amide bonds. The van der Waals surface area contributed by atoms with Crippen molar-refractivity contribution in [3.05, 3.63) is 18.2 Å². The first-order chi connectivity index (χ1) is 9.43. The molecule has 1 aliphatic carbocycles. The molecule has 2 aliphatic rings. The molecule has 6 heteroatoms. The number of benzene rings is 1. The lowest BCUT2D eigenvalue weighted by molar-refractivity contribution is -0.126. The number of nitrogens with one attached hydrogen (secondary N) is 1. The van der Waals surface area contributed by atoms with Crippen molar-refractivity contribution in [1.82, 2.24) is 0 Å². The van der Waals surface area contributed by atoms with Crippen LogP contribution in [0, 0.1) is 5.41 Å². The minimum Gasteiger partial charge on any atom is -0.399 e. The summed E-state index contributed by atoms with van der Waals surface area (Å²) in [6.07, 6.45) is 4.15. The number of hydrogen-bond acceptors (Lipinski definition) is 4. The van der Waals surface area contributed by atoms with Gasteiger partial charge >= 0.3 is 0 Å². The molecular formula is C14H18N2O3S. The van der Waals surface area contributed by atoms with Crippen molar-refractivity contribution < 1.29 is 13.2 Å². The number of fused-ring (bicyclic) bond motifs is 1. The molecule has 0 bridgehead atoms. The Morgan fingerprint density at radius 3 is 2.55 bits per heavy atom. The van der Waals surface area contributed by atoms with Crippen LogP contribution in [-0.4, -0.2) is 20.1 Å². The van der Waals surface area contributed by atoms with Gasteiger partial charge in [-0.25, -0.2) is 8.42 Å². The van der Waals surface area contributed by atoms with Gasteiger partial charge in [-0.15, -0.1) is 0 Å². The van der Waals surface area contributed by atoms with Crippen molar-refractivity contribution in [3.63, 3.8) is 0 Å². The Morgan fingerprint density at radius 2 is 1.85 bits per heavy atom. The van der Waals surface area contributed by atoms with Gasteiger partial charge in [-0.1, -0.05) is 19.3 Å². The first kappa shape index (κ1) is 13.4. The lowest BCUT2D eigenvalue weighted by Crippen LogP contribution is -2.41. The number of nitrogens with two attached hydrogens (primary N) is 1. The molecule has 0 saturated heterocycles. The van der Waals surface area contributed by atoms with E-state index in [2.05, 4.69) is 5.32 Å². The summed E-state index contributed by atoms with van der Waals surface area (Å²) in [6.45, 7) is 0. The van der Waals surface area contributed by atoms with Crippen LogP contribution in [0.2, 0.25) is 0 Å². The van der Waals surface area contributed by atoms with E-state index in [0.29, 0.717) is 24.2 Å². The van der Waals surface area contributed by atoms with Crippen LogP contribution in [0.3, 0.4) is 0 Å². The van der Waals surface area contributed by atoms with Gasteiger partial charge in [0, 0.05) is 5.69 Å². The standard InChI is InChI=1S/C14H18N2O3S/c15-10-4-5-11-12(8-10)20(18,19)9-14(13(17)16-11)6-2-1-3-7-14/h4-5,8H,1-3,6-7,9,15H2,(H,16,17). The van der Waals surface area contributed by atoms with Crippen LogP contribution >= 0.6 is 0 Å². The summed E-state index contributed by atoms with van der Waals surface area (Å²) in [5, 5.41) is 2.79. The predicted octanol–water partition coefficient (Wildman–Crippen LogP) is 1.95.